The van der Waals surface area contributed by atoms with Crippen molar-refractivity contribution < 1.29 is 19.4 Å². The lowest BCUT2D eigenvalue weighted by molar-refractivity contribution is -0.148. The Morgan fingerprint density at radius 1 is 1.53 bits per heavy atom. The molecule has 2 N–H and O–H groups in total. The molecular formula is C11H16N2O4. The van der Waals surface area contributed by atoms with Crippen LogP contribution in [0.1, 0.15) is 25.7 Å². The maximum absolute atomic E-state index is 11.9. The molecule has 1 amide bonds. The van der Waals surface area contributed by atoms with Gasteiger partial charge in [0.15, 0.2) is 6.10 Å². The Hall–Kier alpha value is -1.61. The fourth-order valence-electron chi connectivity index (χ4n) is 1.99. The Morgan fingerprint density at radius 2 is 2.12 bits per heavy atom. The van der Waals surface area contributed by atoms with Crippen LogP contribution in [0.3, 0.4) is 0 Å². The lowest BCUT2D eigenvalue weighted by Crippen LogP contribution is -2.44. The van der Waals surface area contributed by atoms with E-state index in [-0.39, 0.29) is 12.5 Å². The van der Waals surface area contributed by atoms with E-state index in [9.17, 15) is 9.59 Å². The first kappa shape index (κ1) is 13.5. The molecular weight excluding hydrogens is 224 g/mol. The van der Waals surface area contributed by atoms with Gasteiger partial charge in [0.2, 0.25) is 5.91 Å². The van der Waals surface area contributed by atoms with Gasteiger partial charge < -0.3 is 15.2 Å². The van der Waals surface area contributed by atoms with Gasteiger partial charge in [0.05, 0.1) is 12.6 Å². The molecule has 0 aromatic rings. The van der Waals surface area contributed by atoms with Crippen LogP contribution in [0.2, 0.25) is 0 Å². The molecule has 1 saturated carbocycles. The monoisotopic (exact) mass is 240 g/mol. The molecule has 1 rings (SSSR count). The van der Waals surface area contributed by atoms with Gasteiger partial charge in [-0.1, -0.05) is 12.8 Å². The van der Waals surface area contributed by atoms with Crippen molar-refractivity contribution in [3.8, 4) is 6.07 Å². The number of amides is 1. The molecule has 0 aliphatic heterocycles. The van der Waals surface area contributed by atoms with Gasteiger partial charge in [-0.3, -0.25) is 4.79 Å². The number of aliphatic carboxylic acids is 1. The number of carbonyl (C=O) groups is 2. The second kappa shape index (κ2) is 5.64. The largest absolute Gasteiger partial charge is 0.479 e. The van der Waals surface area contributed by atoms with Gasteiger partial charge in [0.25, 0.3) is 0 Å². The minimum atomic E-state index is -1.13. The Morgan fingerprint density at radius 3 is 2.53 bits per heavy atom. The van der Waals surface area contributed by atoms with Gasteiger partial charge in [-0.25, -0.2) is 4.79 Å². The Bertz CT molecular complexity index is 342. The van der Waals surface area contributed by atoms with Crippen molar-refractivity contribution in [2.24, 2.45) is 5.41 Å². The summed E-state index contributed by atoms with van der Waals surface area (Å²) in [7, 11) is 1.26. The molecule has 1 aliphatic rings. The lowest BCUT2D eigenvalue weighted by atomic mass is 9.87. The first-order chi connectivity index (χ1) is 8.05. The van der Waals surface area contributed by atoms with E-state index in [2.05, 4.69) is 5.32 Å². The Kier molecular flexibility index (Phi) is 4.46. The fraction of sp³-hybridized carbons (Fsp3) is 0.727. The second-order valence-electron chi connectivity index (χ2n) is 4.17. The van der Waals surface area contributed by atoms with E-state index in [4.69, 9.17) is 15.1 Å². The molecule has 6 heteroatoms. The molecule has 0 bridgehead atoms. The van der Waals surface area contributed by atoms with Gasteiger partial charge in [-0.15, -0.1) is 0 Å². The lowest BCUT2D eigenvalue weighted by Gasteiger charge is -2.20. The maximum atomic E-state index is 11.9. The van der Waals surface area contributed by atoms with Crippen molar-refractivity contribution in [1.82, 2.24) is 5.32 Å². The highest BCUT2D eigenvalue weighted by Gasteiger charge is 2.41. The van der Waals surface area contributed by atoms with Crippen LogP contribution in [0.15, 0.2) is 0 Å². The minimum absolute atomic E-state index is 0.117. The molecule has 1 aliphatic carbocycles. The van der Waals surface area contributed by atoms with E-state index >= 15 is 0 Å². The highest BCUT2D eigenvalue weighted by molar-refractivity contribution is 5.86. The summed E-state index contributed by atoms with van der Waals surface area (Å²) in [5.41, 5.74) is -0.975. The van der Waals surface area contributed by atoms with Gasteiger partial charge >= 0.3 is 5.97 Å². The molecule has 0 saturated heterocycles. The van der Waals surface area contributed by atoms with Gasteiger partial charge in [-0.2, -0.15) is 5.26 Å². The smallest absolute Gasteiger partial charge is 0.334 e. The number of nitrogens with zero attached hydrogens (tertiary/aromatic N) is 1. The zero-order valence-corrected chi connectivity index (χ0v) is 9.73. The minimum Gasteiger partial charge on any atom is -0.479 e. The van der Waals surface area contributed by atoms with E-state index in [1.165, 1.54) is 7.11 Å². The average molecular weight is 240 g/mol. The van der Waals surface area contributed by atoms with E-state index in [1.807, 2.05) is 6.07 Å². The summed E-state index contributed by atoms with van der Waals surface area (Å²) in [4.78, 5) is 22.5. The van der Waals surface area contributed by atoms with Crippen LogP contribution in [0.25, 0.3) is 0 Å². The summed E-state index contributed by atoms with van der Waals surface area (Å²) < 4.78 is 4.69. The Labute approximate surface area is 99.6 Å². The van der Waals surface area contributed by atoms with Gasteiger partial charge in [-0.05, 0) is 12.8 Å². The molecule has 0 spiro atoms. The van der Waals surface area contributed by atoms with Crippen molar-refractivity contribution in [3.05, 3.63) is 0 Å². The maximum Gasteiger partial charge on any atom is 0.334 e. The van der Waals surface area contributed by atoms with E-state index in [0.717, 1.165) is 12.8 Å². The van der Waals surface area contributed by atoms with Crippen LogP contribution in [-0.4, -0.2) is 36.7 Å². The van der Waals surface area contributed by atoms with Crippen molar-refractivity contribution in [3.63, 3.8) is 0 Å². The predicted octanol–water partition coefficient (Wildman–Crippen LogP) is 0.286. The average Bonchev–Trinajstić information content (AvgIpc) is 2.79. The molecule has 17 heavy (non-hydrogen) atoms. The fourth-order valence-corrected chi connectivity index (χ4v) is 1.99. The third-order valence-electron chi connectivity index (χ3n) is 3.11. The number of carboxylic acid groups (broad SMARTS) is 1. The number of hydrogen-bond donors (Lipinski definition) is 2. The van der Waals surface area contributed by atoms with Crippen LogP contribution in [0.4, 0.5) is 0 Å². The first-order valence-electron chi connectivity index (χ1n) is 5.51. The topological polar surface area (TPSA) is 99.4 Å². The van der Waals surface area contributed by atoms with Crippen molar-refractivity contribution in [2.45, 2.75) is 31.8 Å². The van der Waals surface area contributed by atoms with Crippen molar-refractivity contribution in [1.29, 1.82) is 5.26 Å². The molecule has 0 aromatic carbocycles. The third kappa shape index (κ3) is 2.94. The number of nitriles is 1. The van der Waals surface area contributed by atoms with Gasteiger partial charge in [0, 0.05) is 7.11 Å². The molecule has 1 fully saturated rings. The van der Waals surface area contributed by atoms with E-state index in [1.54, 1.807) is 0 Å². The van der Waals surface area contributed by atoms with E-state index in [0.29, 0.717) is 12.8 Å². The summed E-state index contributed by atoms with van der Waals surface area (Å²) in [5.74, 6) is -1.52. The number of rotatable bonds is 5. The first-order valence-corrected chi connectivity index (χ1v) is 5.51. The highest BCUT2D eigenvalue weighted by atomic mass is 16.5. The van der Waals surface area contributed by atoms with Crippen LogP contribution in [0, 0.1) is 16.7 Å². The predicted molar refractivity (Wildman–Crippen MR) is 58.0 cm³/mol. The third-order valence-corrected chi connectivity index (χ3v) is 3.11. The summed E-state index contributed by atoms with van der Waals surface area (Å²) in [6, 6.07) is 2.05. The normalized spacial score (nSPS) is 19.3. The molecule has 6 nitrogen and oxygen atoms in total. The second-order valence-corrected chi connectivity index (χ2v) is 4.17. The number of carbonyl (C=O) groups excluding carboxylic acids is 1. The molecule has 1 atom stereocenters. The van der Waals surface area contributed by atoms with Gasteiger partial charge in [0.1, 0.15) is 5.41 Å². The van der Waals surface area contributed by atoms with Crippen LogP contribution < -0.4 is 5.32 Å². The highest BCUT2D eigenvalue weighted by Crippen LogP contribution is 2.37. The summed E-state index contributed by atoms with van der Waals surface area (Å²) in [6.45, 7) is -0.117. The van der Waals surface area contributed by atoms with Crippen molar-refractivity contribution >= 4 is 11.9 Å². The molecule has 94 valence electrons. The van der Waals surface area contributed by atoms with E-state index < -0.39 is 17.5 Å². The molecule has 0 radical (unpaired) electrons. The molecule has 1 unspecified atom stereocenters. The summed E-state index contributed by atoms with van der Waals surface area (Å²) in [6.07, 6.45) is 1.72. The SMILES string of the molecule is COC(CNC(=O)C1(C#N)CCCC1)C(=O)O. The molecule has 0 heterocycles. The van der Waals surface area contributed by atoms with Crippen LogP contribution >= 0.6 is 0 Å². The number of ether oxygens (including phenoxy) is 1. The molecule has 0 aromatic heterocycles. The van der Waals surface area contributed by atoms with Crippen LogP contribution in [-0.2, 0) is 14.3 Å². The van der Waals surface area contributed by atoms with Crippen LogP contribution in [0.5, 0.6) is 0 Å². The number of carboxylic acids is 1. The summed E-state index contributed by atoms with van der Waals surface area (Å²) >= 11 is 0. The Balaban J connectivity index is 2.54. The standard InChI is InChI=1S/C11H16N2O4/c1-17-8(9(14)15)6-13-10(16)11(7-12)4-2-3-5-11/h8H,2-6H2,1H3,(H,13,16)(H,14,15). The quantitative estimate of drug-likeness (QED) is 0.719. The zero-order valence-electron chi connectivity index (χ0n) is 9.73. The van der Waals surface area contributed by atoms with Crippen molar-refractivity contribution in [2.75, 3.05) is 13.7 Å². The number of nitrogens with one attached hydrogen (secondary N) is 1. The number of methoxy groups -OCH3 is 1. The summed E-state index contributed by atoms with van der Waals surface area (Å²) in [5, 5.41) is 20.3. The zero-order chi connectivity index (χ0) is 12.9. The number of hydrogen-bond acceptors (Lipinski definition) is 4.